The zero-order valence-corrected chi connectivity index (χ0v) is 9.82. The predicted octanol–water partition coefficient (Wildman–Crippen LogP) is 0.359. The zero-order valence-electron chi connectivity index (χ0n) is 9.82. The second-order valence-electron chi connectivity index (χ2n) is 4.98. The number of aliphatic hydroxyl groups excluding tert-OH is 1. The van der Waals surface area contributed by atoms with Crippen LogP contribution in [0.25, 0.3) is 0 Å². The number of rotatable bonds is 4. The molecule has 1 aliphatic heterocycles. The first-order valence-corrected chi connectivity index (χ1v) is 6.44. The van der Waals surface area contributed by atoms with Gasteiger partial charge in [-0.15, -0.1) is 0 Å². The SMILES string of the molecule is O=C(CNCC1CCCC1O)N1CCCC1. The van der Waals surface area contributed by atoms with Crippen LogP contribution >= 0.6 is 0 Å². The summed E-state index contributed by atoms with van der Waals surface area (Å²) in [5, 5.41) is 12.8. The molecule has 0 bridgehead atoms. The van der Waals surface area contributed by atoms with E-state index in [1.165, 1.54) is 0 Å². The molecule has 2 aliphatic rings. The summed E-state index contributed by atoms with van der Waals surface area (Å²) in [7, 11) is 0. The Balaban J connectivity index is 1.61. The highest BCUT2D eigenvalue weighted by atomic mass is 16.3. The maximum Gasteiger partial charge on any atom is 0.236 e. The summed E-state index contributed by atoms with van der Waals surface area (Å²) in [5.74, 6) is 0.566. The van der Waals surface area contributed by atoms with Crippen LogP contribution in [0.1, 0.15) is 32.1 Å². The minimum atomic E-state index is -0.158. The van der Waals surface area contributed by atoms with E-state index < -0.39 is 0 Å². The van der Waals surface area contributed by atoms with Gasteiger partial charge in [0.1, 0.15) is 0 Å². The van der Waals surface area contributed by atoms with Crippen molar-refractivity contribution in [2.24, 2.45) is 5.92 Å². The fraction of sp³-hybridized carbons (Fsp3) is 0.917. The smallest absolute Gasteiger partial charge is 0.236 e. The number of hydrogen-bond donors (Lipinski definition) is 2. The van der Waals surface area contributed by atoms with E-state index >= 15 is 0 Å². The van der Waals surface area contributed by atoms with Crippen LogP contribution in [0.15, 0.2) is 0 Å². The maximum absolute atomic E-state index is 11.7. The molecule has 16 heavy (non-hydrogen) atoms. The van der Waals surface area contributed by atoms with Gasteiger partial charge in [-0.05, 0) is 31.6 Å². The molecule has 4 heteroatoms. The van der Waals surface area contributed by atoms with Gasteiger partial charge < -0.3 is 15.3 Å². The lowest BCUT2D eigenvalue weighted by molar-refractivity contribution is -0.129. The largest absolute Gasteiger partial charge is 0.393 e. The molecule has 0 spiro atoms. The van der Waals surface area contributed by atoms with Gasteiger partial charge in [-0.2, -0.15) is 0 Å². The van der Waals surface area contributed by atoms with E-state index in [9.17, 15) is 9.90 Å². The van der Waals surface area contributed by atoms with Crippen LogP contribution in [0.2, 0.25) is 0 Å². The number of amides is 1. The van der Waals surface area contributed by atoms with Gasteiger partial charge in [0.25, 0.3) is 0 Å². The van der Waals surface area contributed by atoms with E-state index in [-0.39, 0.29) is 12.0 Å². The summed E-state index contributed by atoms with van der Waals surface area (Å²) in [4.78, 5) is 13.6. The van der Waals surface area contributed by atoms with Gasteiger partial charge in [-0.3, -0.25) is 4.79 Å². The summed E-state index contributed by atoms with van der Waals surface area (Å²) in [5.41, 5.74) is 0. The van der Waals surface area contributed by atoms with E-state index in [1.807, 2.05) is 4.90 Å². The van der Waals surface area contributed by atoms with Crippen molar-refractivity contribution in [3.63, 3.8) is 0 Å². The van der Waals surface area contributed by atoms with E-state index in [2.05, 4.69) is 5.32 Å². The van der Waals surface area contributed by atoms with Gasteiger partial charge in [0, 0.05) is 19.6 Å². The molecule has 0 aromatic carbocycles. The van der Waals surface area contributed by atoms with Gasteiger partial charge in [-0.25, -0.2) is 0 Å². The van der Waals surface area contributed by atoms with Crippen molar-refractivity contribution in [3.05, 3.63) is 0 Å². The molecule has 2 unspecified atom stereocenters. The third kappa shape index (κ3) is 2.95. The second kappa shape index (κ2) is 5.64. The molecule has 1 saturated carbocycles. The highest BCUT2D eigenvalue weighted by Crippen LogP contribution is 2.24. The van der Waals surface area contributed by atoms with Crippen LogP contribution in [-0.2, 0) is 4.79 Å². The molecule has 92 valence electrons. The second-order valence-corrected chi connectivity index (χ2v) is 4.98. The summed E-state index contributed by atoms with van der Waals surface area (Å²) in [6, 6.07) is 0. The van der Waals surface area contributed by atoms with Crippen molar-refractivity contribution in [2.75, 3.05) is 26.2 Å². The number of nitrogens with one attached hydrogen (secondary N) is 1. The Morgan fingerprint density at radius 3 is 2.62 bits per heavy atom. The Hall–Kier alpha value is -0.610. The molecule has 0 aromatic rings. The lowest BCUT2D eigenvalue weighted by atomic mass is 10.1. The molecule has 2 fully saturated rings. The van der Waals surface area contributed by atoms with Crippen LogP contribution in [0.3, 0.4) is 0 Å². The topological polar surface area (TPSA) is 52.6 Å². The standard InChI is InChI=1S/C12H22N2O2/c15-11-5-3-4-10(11)8-13-9-12(16)14-6-1-2-7-14/h10-11,13,15H,1-9H2. The fourth-order valence-corrected chi connectivity index (χ4v) is 2.70. The Bertz CT molecular complexity index is 239. The summed E-state index contributed by atoms with van der Waals surface area (Å²) >= 11 is 0. The molecule has 1 heterocycles. The van der Waals surface area contributed by atoms with Crippen molar-refractivity contribution < 1.29 is 9.90 Å². The number of likely N-dealkylation sites (tertiary alicyclic amines) is 1. The molecular weight excluding hydrogens is 204 g/mol. The van der Waals surface area contributed by atoms with E-state index in [0.29, 0.717) is 12.5 Å². The van der Waals surface area contributed by atoms with Crippen molar-refractivity contribution in [3.8, 4) is 0 Å². The summed E-state index contributed by atoms with van der Waals surface area (Å²) in [6.07, 6.45) is 5.26. The Kier molecular flexibility index (Phi) is 4.18. The van der Waals surface area contributed by atoms with E-state index in [4.69, 9.17) is 0 Å². The Morgan fingerprint density at radius 2 is 2.00 bits per heavy atom. The van der Waals surface area contributed by atoms with Crippen LogP contribution < -0.4 is 5.32 Å². The number of carbonyl (C=O) groups excluding carboxylic acids is 1. The van der Waals surface area contributed by atoms with Crippen molar-refractivity contribution in [1.29, 1.82) is 0 Å². The van der Waals surface area contributed by atoms with E-state index in [1.54, 1.807) is 0 Å². The molecule has 0 aromatic heterocycles. The van der Waals surface area contributed by atoms with Gasteiger partial charge in [0.2, 0.25) is 5.91 Å². The highest BCUT2D eigenvalue weighted by Gasteiger charge is 2.25. The molecule has 1 saturated heterocycles. The number of hydrogen-bond acceptors (Lipinski definition) is 3. The first kappa shape index (κ1) is 11.9. The first-order valence-electron chi connectivity index (χ1n) is 6.44. The Morgan fingerprint density at radius 1 is 1.25 bits per heavy atom. The van der Waals surface area contributed by atoms with Gasteiger partial charge in [0.15, 0.2) is 0 Å². The van der Waals surface area contributed by atoms with E-state index in [0.717, 1.165) is 51.7 Å². The monoisotopic (exact) mass is 226 g/mol. The zero-order chi connectivity index (χ0) is 11.4. The van der Waals surface area contributed by atoms with Crippen molar-refractivity contribution in [1.82, 2.24) is 10.2 Å². The minimum Gasteiger partial charge on any atom is -0.393 e. The Labute approximate surface area is 97.0 Å². The average molecular weight is 226 g/mol. The number of aliphatic hydroxyl groups is 1. The third-order valence-corrected chi connectivity index (χ3v) is 3.76. The molecule has 2 rings (SSSR count). The van der Waals surface area contributed by atoms with Crippen molar-refractivity contribution >= 4 is 5.91 Å². The van der Waals surface area contributed by atoms with Crippen LogP contribution in [-0.4, -0.2) is 48.2 Å². The molecule has 0 radical (unpaired) electrons. The van der Waals surface area contributed by atoms with Gasteiger partial charge >= 0.3 is 0 Å². The maximum atomic E-state index is 11.7. The molecule has 1 aliphatic carbocycles. The minimum absolute atomic E-state index is 0.158. The molecule has 1 amide bonds. The lowest BCUT2D eigenvalue weighted by Crippen LogP contribution is -2.38. The fourth-order valence-electron chi connectivity index (χ4n) is 2.70. The van der Waals surface area contributed by atoms with Crippen LogP contribution in [0, 0.1) is 5.92 Å². The van der Waals surface area contributed by atoms with Crippen molar-refractivity contribution in [2.45, 2.75) is 38.2 Å². The highest BCUT2D eigenvalue weighted by molar-refractivity contribution is 5.78. The summed E-state index contributed by atoms with van der Waals surface area (Å²) in [6.45, 7) is 3.06. The number of carbonyl (C=O) groups is 1. The van der Waals surface area contributed by atoms with Gasteiger partial charge in [-0.1, -0.05) is 6.42 Å². The lowest BCUT2D eigenvalue weighted by Gasteiger charge is -2.18. The van der Waals surface area contributed by atoms with Crippen LogP contribution in [0.5, 0.6) is 0 Å². The third-order valence-electron chi connectivity index (χ3n) is 3.76. The number of nitrogens with zero attached hydrogens (tertiary/aromatic N) is 1. The molecule has 4 nitrogen and oxygen atoms in total. The summed E-state index contributed by atoms with van der Waals surface area (Å²) < 4.78 is 0. The quantitative estimate of drug-likeness (QED) is 0.728. The predicted molar refractivity (Wildman–Crippen MR) is 62.0 cm³/mol. The molecule has 2 atom stereocenters. The average Bonchev–Trinajstić information content (AvgIpc) is 2.90. The first-order chi connectivity index (χ1) is 7.77. The normalized spacial score (nSPS) is 29.9. The molecule has 2 N–H and O–H groups in total. The van der Waals surface area contributed by atoms with Crippen LogP contribution in [0.4, 0.5) is 0 Å². The van der Waals surface area contributed by atoms with Gasteiger partial charge in [0.05, 0.1) is 12.6 Å². The molecular formula is C12H22N2O2.